The van der Waals surface area contributed by atoms with Gasteiger partial charge in [-0.05, 0) is 44.0 Å². The molecule has 2 saturated heterocycles. The number of hydrogen-bond acceptors (Lipinski definition) is 11. The van der Waals surface area contributed by atoms with Crippen molar-refractivity contribution in [3.8, 4) is 11.3 Å². The van der Waals surface area contributed by atoms with Crippen molar-refractivity contribution in [2.75, 3.05) is 61.2 Å². The summed E-state index contributed by atoms with van der Waals surface area (Å²) in [5, 5.41) is 4.29. The van der Waals surface area contributed by atoms with Crippen LogP contribution in [0.2, 0.25) is 0 Å². The molecule has 2 aromatic heterocycles. The van der Waals surface area contributed by atoms with Gasteiger partial charge in [-0.2, -0.15) is 20.1 Å². The molecular formula is C25H29N7O4. The summed E-state index contributed by atoms with van der Waals surface area (Å²) in [6.45, 7) is 6.77. The number of anilines is 3. The molecule has 0 saturated carbocycles. The first-order valence-corrected chi connectivity index (χ1v) is 12.2. The molecule has 11 heteroatoms. The maximum absolute atomic E-state index is 11.8. The van der Waals surface area contributed by atoms with Crippen molar-refractivity contribution in [2.45, 2.75) is 19.8 Å². The fourth-order valence-electron chi connectivity index (χ4n) is 4.08. The number of furan rings is 1. The number of ether oxygens (including phenoxy) is 2. The molecule has 4 heterocycles. The summed E-state index contributed by atoms with van der Waals surface area (Å²) in [5.74, 6) is 2.55. The van der Waals surface area contributed by atoms with Gasteiger partial charge in [0.15, 0.2) is 0 Å². The number of aromatic nitrogens is 3. The Kier molecular flexibility index (Phi) is 7.36. The van der Waals surface area contributed by atoms with E-state index in [4.69, 9.17) is 18.9 Å². The summed E-state index contributed by atoms with van der Waals surface area (Å²) in [6.07, 6.45) is 3.84. The Balaban J connectivity index is 1.28. The third-order valence-corrected chi connectivity index (χ3v) is 5.96. The predicted octanol–water partition coefficient (Wildman–Crippen LogP) is 3.19. The van der Waals surface area contributed by atoms with Crippen LogP contribution in [-0.2, 0) is 9.47 Å². The van der Waals surface area contributed by atoms with E-state index in [0.29, 0.717) is 54.7 Å². The molecule has 188 valence electrons. The van der Waals surface area contributed by atoms with E-state index in [1.54, 1.807) is 25.3 Å². The van der Waals surface area contributed by atoms with Crippen molar-refractivity contribution in [2.24, 2.45) is 5.10 Å². The molecule has 5 rings (SSSR count). The first-order chi connectivity index (χ1) is 17.7. The Bertz CT molecular complexity index is 1200. The SMILES string of the molecule is CCOC(=O)c1ccc(-c2ccc(/C=N/Nc3nc(N4CCCC4)nc(N4CCOCC4)n3)o2)cc1. The highest BCUT2D eigenvalue weighted by Gasteiger charge is 2.21. The molecule has 2 aliphatic rings. The highest BCUT2D eigenvalue weighted by Crippen LogP contribution is 2.23. The van der Waals surface area contributed by atoms with Gasteiger partial charge in [-0.15, -0.1) is 0 Å². The molecule has 0 spiro atoms. The van der Waals surface area contributed by atoms with Crippen molar-refractivity contribution in [3.63, 3.8) is 0 Å². The number of esters is 1. The zero-order valence-electron chi connectivity index (χ0n) is 20.2. The van der Waals surface area contributed by atoms with Crippen LogP contribution in [0.1, 0.15) is 35.9 Å². The number of carbonyl (C=O) groups excluding carboxylic acids is 1. The predicted molar refractivity (Wildman–Crippen MR) is 136 cm³/mol. The maximum atomic E-state index is 11.8. The monoisotopic (exact) mass is 491 g/mol. The molecule has 1 aromatic carbocycles. The molecule has 2 aliphatic heterocycles. The zero-order valence-corrected chi connectivity index (χ0v) is 20.2. The van der Waals surface area contributed by atoms with E-state index in [9.17, 15) is 4.79 Å². The lowest BCUT2D eigenvalue weighted by atomic mass is 10.1. The number of benzene rings is 1. The number of hydrogen-bond donors (Lipinski definition) is 1. The van der Waals surface area contributed by atoms with Gasteiger partial charge in [-0.3, -0.25) is 0 Å². The molecular weight excluding hydrogens is 462 g/mol. The summed E-state index contributed by atoms with van der Waals surface area (Å²) in [6, 6.07) is 10.8. The van der Waals surface area contributed by atoms with E-state index in [1.165, 1.54) is 0 Å². The van der Waals surface area contributed by atoms with Gasteiger partial charge in [0.25, 0.3) is 0 Å². The second-order valence-electron chi connectivity index (χ2n) is 8.42. The van der Waals surface area contributed by atoms with E-state index >= 15 is 0 Å². The summed E-state index contributed by atoms with van der Waals surface area (Å²) in [7, 11) is 0. The summed E-state index contributed by atoms with van der Waals surface area (Å²) in [4.78, 5) is 30.0. The number of nitrogens with zero attached hydrogens (tertiary/aromatic N) is 6. The van der Waals surface area contributed by atoms with Crippen LogP contribution < -0.4 is 15.2 Å². The molecule has 11 nitrogen and oxygen atoms in total. The van der Waals surface area contributed by atoms with Gasteiger partial charge in [-0.1, -0.05) is 12.1 Å². The number of nitrogens with one attached hydrogen (secondary N) is 1. The lowest BCUT2D eigenvalue weighted by Gasteiger charge is -2.27. The molecule has 2 fully saturated rings. The molecule has 0 radical (unpaired) electrons. The van der Waals surface area contributed by atoms with E-state index in [0.717, 1.165) is 44.6 Å². The van der Waals surface area contributed by atoms with E-state index in [-0.39, 0.29) is 5.97 Å². The van der Waals surface area contributed by atoms with Crippen LogP contribution in [-0.4, -0.2) is 73.1 Å². The number of carbonyl (C=O) groups is 1. The molecule has 36 heavy (non-hydrogen) atoms. The number of morpholine rings is 1. The first-order valence-electron chi connectivity index (χ1n) is 12.2. The minimum Gasteiger partial charge on any atom is -0.462 e. The third-order valence-electron chi connectivity index (χ3n) is 5.96. The van der Waals surface area contributed by atoms with Crippen molar-refractivity contribution in [1.82, 2.24) is 15.0 Å². The minimum absolute atomic E-state index is 0.341. The Morgan fingerprint density at radius 2 is 1.69 bits per heavy atom. The van der Waals surface area contributed by atoms with Crippen LogP contribution in [0, 0.1) is 0 Å². The van der Waals surface area contributed by atoms with Gasteiger partial charge in [-0.25, -0.2) is 10.2 Å². The summed E-state index contributed by atoms with van der Waals surface area (Å²) in [5.41, 5.74) is 4.27. The summed E-state index contributed by atoms with van der Waals surface area (Å²) < 4.78 is 16.4. The Morgan fingerprint density at radius 3 is 2.39 bits per heavy atom. The van der Waals surface area contributed by atoms with Crippen LogP contribution in [0.25, 0.3) is 11.3 Å². The maximum Gasteiger partial charge on any atom is 0.338 e. The van der Waals surface area contributed by atoms with Crippen molar-refractivity contribution < 1.29 is 18.7 Å². The molecule has 0 amide bonds. The molecule has 0 unspecified atom stereocenters. The lowest BCUT2D eigenvalue weighted by molar-refractivity contribution is 0.0526. The molecule has 1 N–H and O–H groups in total. The zero-order chi connectivity index (χ0) is 24.7. The van der Waals surface area contributed by atoms with E-state index in [2.05, 4.69) is 30.3 Å². The minimum atomic E-state index is -0.342. The highest BCUT2D eigenvalue weighted by atomic mass is 16.5. The second-order valence-corrected chi connectivity index (χ2v) is 8.42. The van der Waals surface area contributed by atoms with E-state index in [1.807, 2.05) is 24.3 Å². The van der Waals surface area contributed by atoms with Gasteiger partial charge in [0, 0.05) is 31.7 Å². The number of hydrazone groups is 1. The molecule has 0 aliphatic carbocycles. The molecule has 0 bridgehead atoms. The van der Waals surface area contributed by atoms with Crippen molar-refractivity contribution in [1.29, 1.82) is 0 Å². The number of rotatable bonds is 8. The molecule has 0 atom stereocenters. The van der Waals surface area contributed by atoms with Gasteiger partial charge in [0.2, 0.25) is 17.8 Å². The standard InChI is InChI=1S/C25H29N7O4/c1-2-35-22(33)19-7-5-18(6-8-19)21-10-9-20(36-21)17-26-30-23-27-24(31-11-3-4-12-31)29-25(28-23)32-13-15-34-16-14-32/h5-10,17H,2-4,11-16H2,1H3,(H,27,28,29,30)/b26-17+. The average molecular weight is 492 g/mol. The Hall–Kier alpha value is -3.99. The van der Waals surface area contributed by atoms with Crippen LogP contribution in [0.5, 0.6) is 0 Å². The van der Waals surface area contributed by atoms with Crippen LogP contribution in [0.4, 0.5) is 17.8 Å². The van der Waals surface area contributed by atoms with Gasteiger partial charge >= 0.3 is 5.97 Å². The van der Waals surface area contributed by atoms with Gasteiger partial charge in [0.05, 0.1) is 31.6 Å². The quantitative estimate of drug-likeness (QED) is 0.286. The fourth-order valence-corrected chi connectivity index (χ4v) is 4.08. The van der Waals surface area contributed by atoms with Gasteiger partial charge in [0.1, 0.15) is 11.5 Å². The molecule has 3 aromatic rings. The van der Waals surface area contributed by atoms with Crippen LogP contribution in [0.3, 0.4) is 0 Å². The van der Waals surface area contributed by atoms with Crippen molar-refractivity contribution in [3.05, 3.63) is 47.7 Å². The van der Waals surface area contributed by atoms with Crippen molar-refractivity contribution >= 4 is 30.0 Å². The largest absolute Gasteiger partial charge is 0.462 e. The Labute approximate surface area is 209 Å². The normalized spacial score (nSPS) is 16.0. The van der Waals surface area contributed by atoms with Gasteiger partial charge < -0.3 is 23.7 Å². The van der Waals surface area contributed by atoms with Crippen LogP contribution in [0.15, 0.2) is 45.9 Å². The fraction of sp³-hybridized carbons (Fsp3) is 0.400. The highest BCUT2D eigenvalue weighted by molar-refractivity contribution is 5.90. The smallest absolute Gasteiger partial charge is 0.338 e. The second kappa shape index (κ2) is 11.2. The average Bonchev–Trinajstić information content (AvgIpc) is 3.62. The first kappa shape index (κ1) is 23.7. The van der Waals surface area contributed by atoms with E-state index < -0.39 is 0 Å². The summed E-state index contributed by atoms with van der Waals surface area (Å²) >= 11 is 0. The Morgan fingerprint density at radius 1 is 1.00 bits per heavy atom. The topological polar surface area (TPSA) is 118 Å². The van der Waals surface area contributed by atoms with Crippen LogP contribution >= 0.6 is 0 Å². The third kappa shape index (κ3) is 5.62. The lowest BCUT2D eigenvalue weighted by Crippen LogP contribution is -2.38.